The predicted molar refractivity (Wildman–Crippen MR) is 73.0 cm³/mol. The van der Waals surface area contributed by atoms with Crippen LogP contribution in [0.4, 0.5) is 4.39 Å². The van der Waals surface area contributed by atoms with Crippen molar-refractivity contribution in [2.75, 3.05) is 0 Å². The molecule has 0 aromatic heterocycles. The Kier molecular flexibility index (Phi) is 3.41. The van der Waals surface area contributed by atoms with E-state index in [0.29, 0.717) is 5.92 Å². The van der Waals surface area contributed by atoms with Crippen molar-refractivity contribution in [3.05, 3.63) is 35.6 Å². The van der Waals surface area contributed by atoms with Crippen molar-refractivity contribution in [1.82, 2.24) is 0 Å². The Balaban J connectivity index is 1.68. The van der Waals surface area contributed by atoms with Crippen LogP contribution in [0.25, 0.3) is 0 Å². The molecule has 0 aliphatic heterocycles. The van der Waals surface area contributed by atoms with Gasteiger partial charge in [0.25, 0.3) is 0 Å². The molecule has 1 aromatic carbocycles. The fourth-order valence-corrected chi connectivity index (χ4v) is 4.16. The van der Waals surface area contributed by atoms with E-state index in [4.69, 9.17) is 0 Å². The van der Waals surface area contributed by atoms with E-state index in [-0.39, 0.29) is 5.82 Å². The summed E-state index contributed by atoms with van der Waals surface area (Å²) in [6, 6.07) is 7.21. The molecule has 2 fully saturated rings. The van der Waals surface area contributed by atoms with Gasteiger partial charge in [0.05, 0.1) is 0 Å². The molecular formula is C17H23F. The van der Waals surface area contributed by atoms with Gasteiger partial charge in [0.15, 0.2) is 0 Å². The molecule has 2 aliphatic rings. The zero-order valence-electron chi connectivity index (χ0n) is 11.2. The molecule has 4 atom stereocenters. The Morgan fingerprint density at radius 1 is 0.889 bits per heavy atom. The van der Waals surface area contributed by atoms with E-state index in [1.54, 1.807) is 12.1 Å². The van der Waals surface area contributed by atoms with Crippen LogP contribution in [0.2, 0.25) is 0 Å². The highest BCUT2D eigenvalue weighted by molar-refractivity contribution is 5.21. The Morgan fingerprint density at radius 2 is 1.56 bits per heavy atom. The maximum Gasteiger partial charge on any atom is 0.123 e. The van der Waals surface area contributed by atoms with Crippen LogP contribution in [0.15, 0.2) is 24.3 Å². The first-order valence-electron chi connectivity index (χ1n) is 7.48. The number of benzene rings is 1. The first kappa shape index (κ1) is 12.2. The lowest BCUT2D eigenvalue weighted by Crippen LogP contribution is -2.29. The molecule has 0 radical (unpaired) electrons. The van der Waals surface area contributed by atoms with Gasteiger partial charge in [0.1, 0.15) is 5.82 Å². The van der Waals surface area contributed by atoms with Crippen LogP contribution in [0.5, 0.6) is 0 Å². The topological polar surface area (TPSA) is 0 Å². The maximum absolute atomic E-state index is 13.0. The zero-order chi connectivity index (χ0) is 12.5. The minimum atomic E-state index is -0.112. The number of rotatable bonds is 1. The van der Waals surface area contributed by atoms with E-state index >= 15 is 0 Å². The Hall–Kier alpha value is -0.850. The van der Waals surface area contributed by atoms with Gasteiger partial charge in [-0.25, -0.2) is 4.39 Å². The SMILES string of the molecule is CC1CCC2CC(c3ccc(F)cc3)CCC2C1. The van der Waals surface area contributed by atoms with Crippen molar-refractivity contribution in [1.29, 1.82) is 0 Å². The summed E-state index contributed by atoms with van der Waals surface area (Å²) < 4.78 is 13.0. The molecule has 0 nitrogen and oxygen atoms in total. The van der Waals surface area contributed by atoms with Gasteiger partial charge in [0.2, 0.25) is 0 Å². The van der Waals surface area contributed by atoms with Crippen LogP contribution in [-0.4, -0.2) is 0 Å². The first-order valence-corrected chi connectivity index (χ1v) is 7.48. The summed E-state index contributed by atoms with van der Waals surface area (Å²) in [6.45, 7) is 2.41. The fraction of sp³-hybridized carbons (Fsp3) is 0.647. The summed E-state index contributed by atoms with van der Waals surface area (Å²) in [5, 5.41) is 0. The van der Waals surface area contributed by atoms with Crippen molar-refractivity contribution >= 4 is 0 Å². The molecule has 0 heterocycles. The van der Waals surface area contributed by atoms with Gasteiger partial charge < -0.3 is 0 Å². The minimum Gasteiger partial charge on any atom is -0.207 e. The molecule has 0 bridgehead atoms. The molecule has 0 spiro atoms. The highest BCUT2D eigenvalue weighted by atomic mass is 19.1. The minimum absolute atomic E-state index is 0.112. The van der Waals surface area contributed by atoms with E-state index in [2.05, 4.69) is 6.92 Å². The van der Waals surface area contributed by atoms with Crippen LogP contribution in [0, 0.1) is 23.6 Å². The van der Waals surface area contributed by atoms with E-state index < -0.39 is 0 Å². The quantitative estimate of drug-likeness (QED) is 0.643. The molecule has 2 saturated carbocycles. The molecular weight excluding hydrogens is 223 g/mol. The number of fused-ring (bicyclic) bond motifs is 1. The van der Waals surface area contributed by atoms with Crippen molar-refractivity contribution < 1.29 is 4.39 Å². The normalized spacial score (nSPS) is 36.1. The predicted octanol–water partition coefficient (Wildman–Crippen LogP) is 5.15. The molecule has 0 N–H and O–H groups in total. The van der Waals surface area contributed by atoms with Gasteiger partial charge in [-0.1, -0.05) is 25.5 Å². The standard InChI is InChI=1S/C17H23F/c1-12-2-3-16-11-15(5-4-14(16)10-12)13-6-8-17(18)9-7-13/h6-9,12,14-16H,2-5,10-11H2,1H3. The molecule has 1 heteroatoms. The van der Waals surface area contributed by atoms with E-state index in [9.17, 15) is 4.39 Å². The highest BCUT2D eigenvalue weighted by Crippen LogP contribution is 2.47. The molecule has 3 rings (SSSR count). The highest BCUT2D eigenvalue weighted by Gasteiger charge is 2.34. The molecule has 0 saturated heterocycles. The summed E-state index contributed by atoms with van der Waals surface area (Å²) in [7, 11) is 0. The largest absolute Gasteiger partial charge is 0.207 e. The summed E-state index contributed by atoms with van der Waals surface area (Å²) in [5.74, 6) is 3.42. The average Bonchev–Trinajstić information content (AvgIpc) is 2.39. The monoisotopic (exact) mass is 246 g/mol. The first-order chi connectivity index (χ1) is 8.72. The van der Waals surface area contributed by atoms with Crippen LogP contribution in [0.1, 0.15) is 56.9 Å². The lowest BCUT2D eigenvalue weighted by atomic mass is 9.64. The zero-order valence-corrected chi connectivity index (χ0v) is 11.2. The van der Waals surface area contributed by atoms with E-state index in [1.165, 1.54) is 44.1 Å². The number of halogens is 1. The third kappa shape index (κ3) is 2.46. The lowest BCUT2D eigenvalue weighted by molar-refractivity contribution is 0.124. The molecule has 0 amide bonds. The fourth-order valence-electron chi connectivity index (χ4n) is 4.16. The van der Waals surface area contributed by atoms with E-state index in [1.807, 2.05) is 12.1 Å². The average molecular weight is 246 g/mol. The summed E-state index contributed by atoms with van der Waals surface area (Å²) in [4.78, 5) is 0. The molecule has 18 heavy (non-hydrogen) atoms. The van der Waals surface area contributed by atoms with Gasteiger partial charge in [-0.05, 0) is 73.5 Å². The van der Waals surface area contributed by atoms with Crippen LogP contribution in [0.3, 0.4) is 0 Å². The van der Waals surface area contributed by atoms with Crippen molar-refractivity contribution in [2.24, 2.45) is 17.8 Å². The smallest absolute Gasteiger partial charge is 0.123 e. The maximum atomic E-state index is 13.0. The third-order valence-corrected chi connectivity index (χ3v) is 5.22. The van der Waals surface area contributed by atoms with Crippen molar-refractivity contribution in [2.45, 2.75) is 51.4 Å². The summed E-state index contributed by atoms with van der Waals surface area (Å²) in [5.41, 5.74) is 1.36. The van der Waals surface area contributed by atoms with E-state index in [0.717, 1.165) is 17.8 Å². The second kappa shape index (κ2) is 5.03. The van der Waals surface area contributed by atoms with Gasteiger partial charge in [0, 0.05) is 0 Å². The van der Waals surface area contributed by atoms with Gasteiger partial charge in [-0.3, -0.25) is 0 Å². The van der Waals surface area contributed by atoms with Crippen LogP contribution < -0.4 is 0 Å². The molecule has 4 unspecified atom stereocenters. The second-order valence-corrected chi connectivity index (χ2v) is 6.50. The number of hydrogen-bond acceptors (Lipinski definition) is 0. The Morgan fingerprint density at radius 3 is 2.33 bits per heavy atom. The van der Waals surface area contributed by atoms with Crippen molar-refractivity contribution in [3.63, 3.8) is 0 Å². The second-order valence-electron chi connectivity index (χ2n) is 6.50. The Bertz CT molecular complexity index is 395. The molecule has 1 aromatic rings. The third-order valence-electron chi connectivity index (χ3n) is 5.22. The van der Waals surface area contributed by atoms with Gasteiger partial charge in [-0.2, -0.15) is 0 Å². The van der Waals surface area contributed by atoms with Gasteiger partial charge in [-0.15, -0.1) is 0 Å². The van der Waals surface area contributed by atoms with Crippen molar-refractivity contribution in [3.8, 4) is 0 Å². The van der Waals surface area contributed by atoms with Gasteiger partial charge >= 0.3 is 0 Å². The lowest BCUT2D eigenvalue weighted by Gasteiger charge is -2.41. The van der Waals surface area contributed by atoms with Crippen LogP contribution in [-0.2, 0) is 0 Å². The van der Waals surface area contributed by atoms with Crippen LogP contribution >= 0.6 is 0 Å². The number of hydrogen-bond donors (Lipinski definition) is 0. The molecule has 2 aliphatic carbocycles. The summed E-state index contributed by atoms with van der Waals surface area (Å²) >= 11 is 0. The Labute approximate surface area is 110 Å². The molecule has 98 valence electrons. The summed E-state index contributed by atoms with van der Waals surface area (Å²) in [6.07, 6.45) is 8.31.